The number of rotatable bonds is 5. The van der Waals surface area contributed by atoms with Gasteiger partial charge in [-0.05, 0) is 43.5 Å². The maximum atomic E-state index is 11.6. The summed E-state index contributed by atoms with van der Waals surface area (Å²) in [5.41, 5.74) is 4.85. The van der Waals surface area contributed by atoms with Crippen LogP contribution in [0.1, 0.15) is 45.2 Å². The van der Waals surface area contributed by atoms with E-state index in [4.69, 9.17) is 14.2 Å². The van der Waals surface area contributed by atoms with Gasteiger partial charge >= 0.3 is 5.97 Å². The lowest BCUT2D eigenvalue weighted by atomic mass is 9.84. The Morgan fingerprint density at radius 1 is 0.966 bits per heavy atom. The van der Waals surface area contributed by atoms with Crippen LogP contribution in [0.2, 0.25) is 0 Å². The third kappa shape index (κ3) is 4.99. The average Bonchev–Trinajstić information content (AvgIpc) is 2.67. The smallest absolute Gasteiger partial charge is 0.302 e. The molecule has 1 saturated heterocycles. The highest BCUT2D eigenvalue weighted by atomic mass is 16.7. The van der Waals surface area contributed by atoms with Crippen LogP contribution < -0.4 is 4.74 Å². The molecule has 0 spiro atoms. The molecule has 1 heterocycles. The molecule has 0 N–H and O–H groups in total. The highest BCUT2D eigenvalue weighted by Crippen LogP contribution is 2.35. The number of hydrogen-bond donors (Lipinski definition) is 0. The minimum Gasteiger partial charge on any atom is -0.465 e. The summed E-state index contributed by atoms with van der Waals surface area (Å²) in [5.74, 6) is 0.560. The Kier molecular flexibility index (Phi) is 6.63. The summed E-state index contributed by atoms with van der Waals surface area (Å²) in [7, 11) is 0. The van der Waals surface area contributed by atoms with Crippen molar-refractivity contribution in [2.45, 2.75) is 66.5 Å². The Bertz CT molecular complexity index is 822. The van der Waals surface area contributed by atoms with E-state index in [1.807, 2.05) is 19.1 Å². The van der Waals surface area contributed by atoms with E-state index < -0.39 is 6.29 Å². The third-order valence-electron chi connectivity index (χ3n) is 5.73. The SMILES string of the molecule is CCC1OC(Oc2ccc(-c3cc(C)cc(C)c3)cc2)C(C)C(OC(C)=O)C1C. The molecule has 0 amide bonds. The van der Waals surface area contributed by atoms with Crippen LogP contribution in [0.25, 0.3) is 11.1 Å². The van der Waals surface area contributed by atoms with E-state index in [1.54, 1.807) is 0 Å². The molecule has 4 nitrogen and oxygen atoms in total. The van der Waals surface area contributed by atoms with Crippen LogP contribution in [0.3, 0.4) is 0 Å². The van der Waals surface area contributed by atoms with E-state index in [2.05, 4.69) is 58.0 Å². The molecule has 0 aliphatic carbocycles. The monoisotopic (exact) mass is 396 g/mol. The molecule has 5 unspecified atom stereocenters. The zero-order valence-corrected chi connectivity index (χ0v) is 18.3. The standard InChI is InChI=1S/C25H32O4/c1-7-23-17(4)24(27-19(6)26)18(5)25(29-23)28-22-10-8-20(9-11-22)21-13-15(2)12-16(3)14-21/h8-14,17-18,23-25H,7H2,1-6H3. The van der Waals surface area contributed by atoms with E-state index in [0.29, 0.717) is 0 Å². The number of carbonyl (C=O) groups is 1. The van der Waals surface area contributed by atoms with Gasteiger partial charge in [0.2, 0.25) is 6.29 Å². The molecule has 0 saturated carbocycles. The quantitative estimate of drug-likeness (QED) is 0.609. The first-order valence-corrected chi connectivity index (χ1v) is 10.5. The molecular weight excluding hydrogens is 364 g/mol. The molecule has 2 aromatic carbocycles. The minimum absolute atomic E-state index is 0.00454. The normalized spacial score (nSPS) is 26.8. The van der Waals surface area contributed by atoms with Crippen molar-refractivity contribution >= 4 is 5.97 Å². The first-order valence-electron chi connectivity index (χ1n) is 10.5. The molecule has 3 rings (SSSR count). The fraction of sp³-hybridized carbons (Fsp3) is 0.480. The van der Waals surface area contributed by atoms with Crippen LogP contribution in [0.5, 0.6) is 5.75 Å². The first-order chi connectivity index (χ1) is 13.8. The Labute approximate surface area is 174 Å². The predicted octanol–water partition coefficient (Wildman–Crippen LogP) is 5.69. The Morgan fingerprint density at radius 2 is 1.59 bits per heavy atom. The van der Waals surface area contributed by atoms with Gasteiger partial charge in [-0.1, -0.05) is 62.2 Å². The van der Waals surface area contributed by atoms with Gasteiger partial charge in [0.05, 0.1) is 12.0 Å². The van der Waals surface area contributed by atoms with Gasteiger partial charge in [0.25, 0.3) is 0 Å². The van der Waals surface area contributed by atoms with Crippen molar-refractivity contribution in [3.05, 3.63) is 53.6 Å². The van der Waals surface area contributed by atoms with Gasteiger partial charge in [0.1, 0.15) is 11.9 Å². The molecule has 1 fully saturated rings. The fourth-order valence-corrected chi connectivity index (χ4v) is 4.28. The van der Waals surface area contributed by atoms with Crippen LogP contribution in [-0.4, -0.2) is 24.5 Å². The molecule has 1 aliphatic heterocycles. The van der Waals surface area contributed by atoms with Gasteiger partial charge < -0.3 is 14.2 Å². The number of benzene rings is 2. The van der Waals surface area contributed by atoms with Crippen molar-refractivity contribution in [1.82, 2.24) is 0 Å². The topological polar surface area (TPSA) is 44.8 Å². The van der Waals surface area contributed by atoms with Crippen molar-refractivity contribution in [3.8, 4) is 16.9 Å². The maximum absolute atomic E-state index is 11.6. The Hall–Kier alpha value is -2.33. The summed E-state index contributed by atoms with van der Waals surface area (Å²) in [6, 6.07) is 14.6. The molecule has 0 aromatic heterocycles. The van der Waals surface area contributed by atoms with Crippen LogP contribution >= 0.6 is 0 Å². The molecule has 0 bridgehead atoms. The molecular formula is C25H32O4. The van der Waals surface area contributed by atoms with Crippen molar-refractivity contribution in [3.63, 3.8) is 0 Å². The summed E-state index contributed by atoms with van der Waals surface area (Å²) in [5, 5.41) is 0. The molecule has 4 heteroatoms. The molecule has 29 heavy (non-hydrogen) atoms. The molecule has 0 radical (unpaired) electrons. The van der Waals surface area contributed by atoms with E-state index in [9.17, 15) is 4.79 Å². The van der Waals surface area contributed by atoms with Crippen LogP contribution in [-0.2, 0) is 14.3 Å². The lowest BCUT2D eigenvalue weighted by Gasteiger charge is -2.43. The van der Waals surface area contributed by atoms with Gasteiger partial charge in [-0.15, -0.1) is 0 Å². The summed E-state index contributed by atoms with van der Waals surface area (Å²) in [6.45, 7) is 11.9. The van der Waals surface area contributed by atoms with Gasteiger partial charge in [0.15, 0.2) is 0 Å². The second kappa shape index (κ2) is 9.00. The van der Waals surface area contributed by atoms with Gasteiger partial charge in [0, 0.05) is 12.8 Å². The van der Waals surface area contributed by atoms with Crippen LogP contribution in [0.15, 0.2) is 42.5 Å². The lowest BCUT2D eigenvalue weighted by molar-refractivity contribution is -0.237. The second-order valence-corrected chi connectivity index (χ2v) is 8.26. The largest absolute Gasteiger partial charge is 0.465 e. The van der Waals surface area contributed by atoms with Gasteiger partial charge in [-0.2, -0.15) is 0 Å². The number of ether oxygens (including phenoxy) is 3. The lowest BCUT2D eigenvalue weighted by Crippen LogP contribution is -2.52. The second-order valence-electron chi connectivity index (χ2n) is 8.26. The first kappa shape index (κ1) is 21.4. The van der Waals surface area contributed by atoms with Gasteiger partial charge in [-0.3, -0.25) is 4.79 Å². The van der Waals surface area contributed by atoms with Crippen molar-refractivity contribution in [2.75, 3.05) is 0 Å². The van der Waals surface area contributed by atoms with Crippen molar-refractivity contribution in [2.24, 2.45) is 11.8 Å². The fourth-order valence-electron chi connectivity index (χ4n) is 4.28. The number of hydrogen-bond acceptors (Lipinski definition) is 4. The van der Waals surface area contributed by atoms with E-state index in [0.717, 1.165) is 17.7 Å². The summed E-state index contributed by atoms with van der Waals surface area (Å²) < 4.78 is 18.0. The molecule has 2 aromatic rings. The van der Waals surface area contributed by atoms with Gasteiger partial charge in [-0.25, -0.2) is 0 Å². The summed E-state index contributed by atoms with van der Waals surface area (Å²) in [6.07, 6.45) is 0.172. The predicted molar refractivity (Wildman–Crippen MR) is 115 cm³/mol. The molecule has 1 aliphatic rings. The number of esters is 1. The Balaban J connectivity index is 1.76. The molecule has 5 atom stereocenters. The van der Waals surface area contributed by atoms with Crippen molar-refractivity contribution in [1.29, 1.82) is 0 Å². The zero-order valence-electron chi connectivity index (χ0n) is 18.3. The number of aryl methyl sites for hydroxylation is 2. The zero-order chi connectivity index (χ0) is 21.1. The van der Waals surface area contributed by atoms with E-state index >= 15 is 0 Å². The minimum atomic E-state index is -0.451. The average molecular weight is 397 g/mol. The summed E-state index contributed by atoms with van der Waals surface area (Å²) in [4.78, 5) is 11.6. The van der Waals surface area contributed by atoms with Crippen molar-refractivity contribution < 1.29 is 19.0 Å². The molecule has 156 valence electrons. The van der Waals surface area contributed by atoms with E-state index in [1.165, 1.54) is 23.6 Å². The highest BCUT2D eigenvalue weighted by molar-refractivity contribution is 5.66. The Morgan fingerprint density at radius 3 is 2.14 bits per heavy atom. The van der Waals surface area contributed by atoms with E-state index in [-0.39, 0.29) is 30.0 Å². The highest BCUT2D eigenvalue weighted by Gasteiger charge is 2.43. The van der Waals surface area contributed by atoms with Crippen LogP contribution in [0.4, 0.5) is 0 Å². The summed E-state index contributed by atoms with van der Waals surface area (Å²) >= 11 is 0. The number of carbonyl (C=O) groups excluding carboxylic acids is 1. The maximum Gasteiger partial charge on any atom is 0.302 e. The third-order valence-corrected chi connectivity index (χ3v) is 5.73. The van der Waals surface area contributed by atoms with Crippen LogP contribution in [0, 0.1) is 25.7 Å².